The molecule has 5 rings (SSSR count). The van der Waals surface area contributed by atoms with E-state index in [2.05, 4.69) is 10.3 Å². The maximum Gasteiger partial charge on any atom is 0.325 e. The van der Waals surface area contributed by atoms with Gasteiger partial charge >= 0.3 is 5.97 Å². The van der Waals surface area contributed by atoms with Crippen LogP contribution in [-0.4, -0.2) is 46.8 Å². The number of aliphatic carboxylic acids is 1. The van der Waals surface area contributed by atoms with Gasteiger partial charge < -0.3 is 19.7 Å². The van der Waals surface area contributed by atoms with Gasteiger partial charge in [0.05, 0.1) is 23.5 Å². The standard InChI is InChI=1S/C32H31N3O7S/c1-21(32(38)39)34-31(37)23-9-5-10-24(17-23)43(40,41)19-27-25-11-6-12-28(36)26(25)13-14-29(27)42-30(18-35-16-15-33-20-35)22-7-3-2-4-8-22/h2-5,7-10,13-17,20-21,30H,6,11-12,18-19H2,1H3,(H,34,37)(H,38,39)/t21-,30+/m0/s1. The molecular formula is C32H31N3O7S. The zero-order valence-corrected chi connectivity index (χ0v) is 24.3. The maximum absolute atomic E-state index is 13.9. The minimum Gasteiger partial charge on any atom is -0.484 e. The van der Waals surface area contributed by atoms with Crippen molar-refractivity contribution in [3.63, 3.8) is 0 Å². The second-order valence-corrected chi connectivity index (χ2v) is 12.4. The number of carbonyl (C=O) groups is 3. The number of rotatable bonds is 11. The van der Waals surface area contributed by atoms with Crippen LogP contribution < -0.4 is 10.1 Å². The first-order valence-corrected chi connectivity index (χ1v) is 15.5. The highest BCUT2D eigenvalue weighted by molar-refractivity contribution is 7.90. The fourth-order valence-electron chi connectivity index (χ4n) is 5.11. The number of carboxylic acids is 1. The van der Waals surface area contributed by atoms with Gasteiger partial charge in [-0.2, -0.15) is 0 Å². The Hall–Kier alpha value is -4.77. The highest BCUT2D eigenvalue weighted by Gasteiger charge is 2.29. The molecule has 1 heterocycles. The highest BCUT2D eigenvalue weighted by atomic mass is 32.2. The zero-order valence-electron chi connectivity index (χ0n) is 23.5. The average Bonchev–Trinajstić information content (AvgIpc) is 3.51. The van der Waals surface area contributed by atoms with Crippen molar-refractivity contribution in [2.75, 3.05) is 0 Å². The summed E-state index contributed by atoms with van der Waals surface area (Å²) in [6, 6.07) is 17.2. The summed E-state index contributed by atoms with van der Waals surface area (Å²) in [5.74, 6) is -2.06. The molecule has 0 fully saturated rings. The summed E-state index contributed by atoms with van der Waals surface area (Å²) in [6.07, 6.45) is 6.18. The monoisotopic (exact) mass is 601 g/mol. The summed E-state index contributed by atoms with van der Waals surface area (Å²) in [5, 5.41) is 11.5. The summed E-state index contributed by atoms with van der Waals surface area (Å²) in [7, 11) is -4.04. The molecular weight excluding hydrogens is 570 g/mol. The zero-order chi connectivity index (χ0) is 30.6. The molecule has 1 aromatic heterocycles. The van der Waals surface area contributed by atoms with E-state index in [1.54, 1.807) is 24.7 Å². The summed E-state index contributed by atoms with van der Waals surface area (Å²) in [5.41, 5.74) is 2.45. The lowest BCUT2D eigenvalue weighted by Gasteiger charge is -2.26. The first-order chi connectivity index (χ1) is 20.6. The molecule has 2 N–H and O–H groups in total. The Labute approximate surface area is 249 Å². The predicted molar refractivity (Wildman–Crippen MR) is 158 cm³/mol. The van der Waals surface area contributed by atoms with E-state index >= 15 is 0 Å². The third-order valence-electron chi connectivity index (χ3n) is 7.40. The third-order valence-corrected chi connectivity index (χ3v) is 9.04. The van der Waals surface area contributed by atoms with Crippen LogP contribution in [-0.2, 0) is 33.4 Å². The summed E-state index contributed by atoms with van der Waals surface area (Å²) in [6.45, 7) is 1.73. The van der Waals surface area contributed by atoms with Crippen LogP contribution in [0.15, 0.2) is 90.3 Å². The Morgan fingerprint density at radius 2 is 1.86 bits per heavy atom. The predicted octanol–water partition coefficient (Wildman–Crippen LogP) is 4.40. The first-order valence-electron chi connectivity index (χ1n) is 13.8. The molecule has 0 spiro atoms. The van der Waals surface area contributed by atoms with Gasteiger partial charge in [-0.05, 0) is 61.2 Å². The molecule has 0 saturated carbocycles. The van der Waals surface area contributed by atoms with Crippen molar-refractivity contribution in [3.05, 3.63) is 113 Å². The lowest BCUT2D eigenvalue weighted by molar-refractivity contribution is -0.138. The third kappa shape index (κ3) is 6.83. The Kier molecular flexibility index (Phi) is 8.72. The van der Waals surface area contributed by atoms with Gasteiger partial charge in [0.1, 0.15) is 17.9 Å². The lowest BCUT2D eigenvalue weighted by Crippen LogP contribution is -2.38. The Morgan fingerprint density at radius 1 is 1.07 bits per heavy atom. The molecule has 1 aliphatic rings. The number of hydrogen-bond donors (Lipinski definition) is 2. The number of ketones is 1. The molecule has 4 aromatic rings. The number of carbonyl (C=O) groups excluding carboxylic acids is 2. The summed E-state index contributed by atoms with van der Waals surface area (Å²) in [4.78, 5) is 40.6. The van der Waals surface area contributed by atoms with Gasteiger partial charge in [-0.25, -0.2) is 13.4 Å². The fraction of sp³-hybridized carbons (Fsp3) is 0.250. The number of nitrogens with zero attached hydrogens (tertiary/aromatic N) is 2. The van der Waals surface area contributed by atoms with Crippen molar-refractivity contribution in [2.45, 2.75) is 55.5 Å². The molecule has 10 nitrogen and oxygen atoms in total. The molecule has 0 aliphatic heterocycles. The van der Waals surface area contributed by atoms with E-state index in [0.717, 1.165) is 5.56 Å². The Bertz CT molecular complexity index is 1750. The van der Waals surface area contributed by atoms with Crippen molar-refractivity contribution >= 4 is 27.5 Å². The number of Topliss-reactive ketones (excluding diaryl/α,β-unsaturated/α-hetero) is 1. The van der Waals surface area contributed by atoms with Crippen LogP contribution in [0.3, 0.4) is 0 Å². The lowest BCUT2D eigenvalue weighted by atomic mass is 9.87. The van der Waals surface area contributed by atoms with Crippen molar-refractivity contribution in [3.8, 4) is 5.75 Å². The van der Waals surface area contributed by atoms with E-state index < -0.39 is 39.6 Å². The number of amides is 1. The second kappa shape index (κ2) is 12.6. The van der Waals surface area contributed by atoms with Gasteiger partial charge in [-0.1, -0.05) is 36.4 Å². The van der Waals surface area contributed by atoms with Gasteiger partial charge in [0.25, 0.3) is 5.91 Å². The van der Waals surface area contributed by atoms with Crippen LogP contribution in [0.25, 0.3) is 0 Å². The van der Waals surface area contributed by atoms with Crippen LogP contribution in [0, 0.1) is 0 Å². The molecule has 1 aliphatic carbocycles. The number of carboxylic acid groups (broad SMARTS) is 1. The smallest absolute Gasteiger partial charge is 0.325 e. The van der Waals surface area contributed by atoms with E-state index in [1.807, 2.05) is 41.1 Å². The normalized spacial score (nSPS) is 14.4. The van der Waals surface area contributed by atoms with E-state index in [1.165, 1.54) is 31.2 Å². The van der Waals surface area contributed by atoms with Crippen molar-refractivity contribution in [2.24, 2.45) is 0 Å². The van der Waals surface area contributed by atoms with Crippen molar-refractivity contribution < 1.29 is 32.6 Å². The van der Waals surface area contributed by atoms with E-state index in [-0.39, 0.29) is 16.2 Å². The number of aromatic nitrogens is 2. The molecule has 3 aromatic carbocycles. The van der Waals surface area contributed by atoms with Crippen LogP contribution in [0.2, 0.25) is 0 Å². The van der Waals surface area contributed by atoms with Gasteiger partial charge in [-0.15, -0.1) is 0 Å². The fourth-order valence-corrected chi connectivity index (χ4v) is 6.57. The Balaban J connectivity index is 1.52. The molecule has 43 heavy (non-hydrogen) atoms. The highest BCUT2D eigenvalue weighted by Crippen LogP contribution is 2.36. The Morgan fingerprint density at radius 3 is 2.58 bits per heavy atom. The number of hydrogen-bond acceptors (Lipinski definition) is 7. The number of nitrogens with one attached hydrogen (secondary N) is 1. The maximum atomic E-state index is 13.9. The van der Waals surface area contributed by atoms with Gasteiger partial charge in [0, 0.05) is 35.5 Å². The topological polar surface area (TPSA) is 145 Å². The van der Waals surface area contributed by atoms with E-state index in [9.17, 15) is 22.8 Å². The number of ether oxygens (including phenoxy) is 1. The SMILES string of the molecule is C[C@H](NC(=O)c1cccc(S(=O)(=O)Cc2c(O[C@H](Cn3ccnc3)c3ccccc3)ccc3c2CCCC3=O)c1)C(=O)O. The summed E-state index contributed by atoms with van der Waals surface area (Å²) >= 11 is 0. The van der Waals surface area contributed by atoms with Crippen LogP contribution >= 0.6 is 0 Å². The minimum atomic E-state index is -4.04. The number of sulfone groups is 1. The molecule has 1 amide bonds. The van der Waals surface area contributed by atoms with Crippen LogP contribution in [0.1, 0.15) is 63.3 Å². The average molecular weight is 602 g/mol. The number of fused-ring (bicyclic) bond motifs is 1. The van der Waals surface area contributed by atoms with Crippen LogP contribution in [0.5, 0.6) is 5.75 Å². The van der Waals surface area contributed by atoms with Gasteiger partial charge in [-0.3, -0.25) is 14.4 Å². The van der Waals surface area contributed by atoms with Crippen LogP contribution in [0.4, 0.5) is 0 Å². The minimum absolute atomic E-state index is 0.0143. The van der Waals surface area contributed by atoms with Gasteiger partial charge in [0.2, 0.25) is 0 Å². The first kappa shape index (κ1) is 29.7. The molecule has 222 valence electrons. The van der Waals surface area contributed by atoms with E-state index in [4.69, 9.17) is 9.84 Å². The van der Waals surface area contributed by atoms with Gasteiger partial charge in [0.15, 0.2) is 15.6 Å². The number of benzene rings is 3. The number of imidazole rings is 1. The molecule has 2 atom stereocenters. The molecule has 11 heteroatoms. The molecule has 0 radical (unpaired) electrons. The van der Waals surface area contributed by atoms with Crippen molar-refractivity contribution in [1.82, 2.24) is 14.9 Å². The molecule has 0 saturated heterocycles. The summed E-state index contributed by atoms with van der Waals surface area (Å²) < 4.78 is 36.2. The van der Waals surface area contributed by atoms with E-state index in [0.29, 0.717) is 48.2 Å². The second-order valence-electron chi connectivity index (χ2n) is 10.4. The molecule has 0 bridgehead atoms. The molecule has 0 unspecified atom stereocenters. The van der Waals surface area contributed by atoms with Crippen molar-refractivity contribution in [1.29, 1.82) is 0 Å². The quantitative estimate of drug-likeness (QED) is 0.257. The largest absolute Gasteiger partial charge is 0.484 e.